The predicted molar refractivity (Wildman–Crippen MR) is 127 cm³/mol. The summed E-state index contributed by atoms with van der Waals surface area (Å²) in [6.45, 7) is 17.3. The van der Waals surface area contributed by atoms with Gasteiger partial charge < -0.3 is 10.2 Å². The number of hydrogen-bond donors (Lipinski definition) is 2. The average molecular weight is 429 g/mol. The number of rotatable bonds is 0. The number of allylic oxidation sites excluding steroid dienone is 1. The van der Waals surface area contributed by atoms with Crippen molar-refractivity contribution >= 4 is 0 Å². The van der Waals surface area contributed by atoms with E-state index >= 15 is 0 Å². The van der Waals surface area contributed by atoms with Crippen LogP contribution in [0.4, 0.5) is 0 Å². The van der Waals surface area contributed by atoms with E-state index in [4.69, 9.17) is 0 Å². The van der Waals surface area contributed by atoms with Gasteiger partial charge in [-0.1, -0.05) is 60.1 Å². The number of fused-ring (bicyclic) bond motifs is 7. The molecule has 0 aromatic heterocycles. The first kappa shape index (κ1) is 22.5. The lowest BCUT2D eigenvalue weighted by molar-refractivity contribution is -0.209. The first-order valence-corrected chi connectivity index (χ1v) is 13.4. The topological polar surface area (TPSA) is 40.5 Å². The molecule has 5 aliphatic rings. The van der Waals surface area contributed by atoms with Crippen LogP contribution in [0.1, 0.15) is 106 Å². The van der Waals surface area contributed by atoms with Crippen LogP contribution in [-0.4, -0.2) is 21.9 Å². The van der Waals surface area contributed by atoms with Crippen LogP contribution in [0.25, 0.3) is 0 Å². The molecule has 0 bridgehead atoms. The van der Waals surface area contributed by atoms with E-state index in [1.807, 2.05) is 0 Å². The second-order valence-corrected chi connectivity index (χ2v) is 14.1. The van der Waals surface area contributed by atoms with Gasteiger partial charge >= 0.3 is 0 Å². The molecule has 0 radical (unpaired) electrons. The third-order valence-corrected chi connectivity index (χ3v) is 12.9. The highest BCUT2D eigenvalue weighted by atomic mass is 16.3. The Balaban J connectivity index is 1.59. The molecular formula is C29H48O2. The van der Waals surface area contributed by atoms with Crippen molar-refractivity contribution in [2.24, 2.45) is 51.2 Å². The van der Waals surface area contributed by atoms with Crippen LogP contribution in [-0.2, 0) is 0 Å². The summed E-state index contributed by atoms with van der Waals surface area (Å²) in [5.41, 5.74) is 1.98. The molecule has 2 heteroatoms. The Morgan fingerprint density at radius 3 is 2.26 bits per heavy atom. The molecule has 0 saturated heterocycles. The molecule has 0 aromatic rings. The van der Waals surface area contributed by atoms with Gasteiger partial charge in [0, 0.05) is 5.92 Å². The Hall–Kier alpha value is -0.340. The third kappa shape index (κ3) is 2.64. The fraction of sp³-hybridized carbons (Fsp3) is 0.931. The molecule has 5 rings (SSSR count). The summed E-state index contributed by atoms with van der Waals surface area (Å²) < 4.78 is 0. The highest BCUT2D eigenvalue weighted by Gasteiger charge is 2.68. The summed E-state index contributed by atoms with van der Waals surface area (Å²) in [5.74, 6) is 2.91. The van der Waals surface area contributed by atoms with E-state index in [9.17, 15) is 10.2 Å². The van der Waals surface area contributed by atoms with E-state index in [0.717, 1.165) is 25.7 Å². The lowest BCUT2D eigenvalue weighted by Crippen LogP contribution is -2.65. The fourth-order valence-electron chi connectivity index (χ4n) is 10.5. The molecular weight excluding hydrogens is 380 g/mol. The molecule has 2 nitrogen and oxygen atoms in total. The molecule has 0 amide bonds. The molecule has 4 saturated carbocycles. The number of hydrogen-bond acceptors (Lipinski definition) is 2. The monoisotopic (exact) mass is 428 g/mol. The Kier molecular flexibility index (Phi) is 4.80. The molecule has 31 heavy (non-hydrogen) atoms. The summed E-state index contributed by atoms with van der Waals surface area (Å²) in [5, 5.41) is 22.6. The van der Waals surface area contributed by atoms with Gasteiger partial charge in [-0.25, -0.2) is 0 Å². The van der Waals surface area contributed by atoms with Gasteiger partial charge in [0.25, 0.3) is 0 Å². The van der Waals surface area contributed by atoms with Crippen molar-refractivity contribution in [3.05, 3.63) is 11.6 Å². The normalized spacial score (nSPS) is 58.3. The standard InChI is InChI=1S/C29H48O2/c1-18-10-15-29(31)17-16-27(6)20(24(29)19(18)2)8-9-22-26(5)13-12-23(30)25(3,4)21(26)11-14-28(22,27)7/h8,18-19,21-24,30-31H,9-17H2,1-7H3. The van der Waals surface area contributed by atoms with Crippen molar-refractivity contribution in [1.29, 1.82) is 0 Å². The minimum atomic E-state index is -0.474. The van der Waals surface area contributed by atoms with Gasteiger partial charge in [0.15, 0.2) is 0 Å². The molecule has 2 N–H and O–H groups in total. The molecule has 0 spiro atoms. The molecule has 5 aliphatic carbocycles. The molecule has 10 unspecified atom stereocenters. The summed E-state index contributed by atoms with van der Waals surface area (Å²) >= 11 is 0. The van der Waals surface area contributed by atoms with E-state index in [0.29, 0.717) is 40.4 Å². The summed E-state index contributed by atoms with van der Waals surface area (Å²) in [7, 11) is 0. The van der Waals surface area contributed by atoms with Crippen LogP contribution >= 0.6 is 0 Å². The molecule has 4 fully saturated rings. The minimum absolute atomic E-state index is 0.0133. The second kappa shape index (κ2) is 6.62. The van der Waals surface area contributed by atoms with Crippen molar-refractivity contribution in [1.82, 2.24) is 0 Å². The van der Waals surface area contributed by atoms with Gasteiger partial charge in [0.1, 0.15) is 0 Å². The maximum atomic E-state index is 11.8. The Morgan fingerprint density at radius 1 is 0.839 bits per heavy atom. The van der Waals surface area contributed by atoms with Crippen LogP contribution in [0.5, 0.6) is 0 Å². The second-order valence-electron chi connectivity index (χ2n) is 14.1. The van der Waals surface area contributed by atoms with E-state index in [1.54, 1.807) is 5.57 Å². The lowest BCUT2D eigenvalue weighted by Gasteiger charge is -2.71. The maximum Gasteiger partial charge on any atom is 0.0716 e. The van der Waals surface area contributed by atoms with Gasteiger partial charge in [-0.3, -0.25) is 0 Å². The first-order valence-electron chi connectivity index (χ1n) is 13.4. The summed E-state index contributed by atoms with van der Waals surface area (Å²) in [4.78, 5) is 0. The third-order valence-electron chi connectivity index (χ3n) is 12.9. The smallest absolute Gasteiger partial charge is 0.0716 e. The van der Waals surface area contributed by atoms with Crippen molar-refractivity contribution in [2.45, 2.75) is 118 Å². The SMILES string of the molecule is CC1CCC2(O)CCC3(C)C(=CCC4C5(C)CCC(O)C(C)(C)C5CCC43C)C2C1C. The van der Waals surface area contributed by atoms with Crippen molar-refractivity contribution < 1.29 is 10.2 Å². The lowest BCUT2D eigenvalue weighted by atomic mass is 9.34. The van der Waals surface area contributed by atoms with E-state index in [2.05, 4.69) is 54.5 Å². The average Bonchev–Trinajstić information content (AvgIpc) is 2.69. The van der Waals surface area contributed by atoms with E-state index in [1.165, 1.54) is 32.1 Å². The zero-order chi connectivity index (χ0) is 22.6. The largest absolute Gasteiger partial charge is 0.393 e. The zero-order valence-corrected chi connectivity index (χ0v) is 21.3. The van der Waals surface area contributed by atoms with Crippen molar-refractivity contribution in [3.63, 3.8) is 0 Å². The van der Waals surface area contributed by atoms with Gasteiger partial charge in [0.2, 0.25) is 0 Å². The molecule has 0 heterocycles. The zero-order valence-electron chi connectivity index (χ0n) is 21.3. The van der Waals surface area contributed by atoms with Crippen LogP contribution in [0.3, 0.4) is 0 Å². The molecule has 0 aromatic carbocycles. The molecule has 0 aliphatic heterocycles. The highest BCUT2D eigenvalue weighted by Crippen LogP contribution is 2.74. The quantitative estimate of drug-likeness (QED) is 0.419. The predicted octanol–water partition coefficient (Wildman–Crippen LogP) is 6.75. The van der Waals surface area contributed by atoms with E-state index in [-0.39, 0.29) is 16.9 Å². The van der Waals surface area contributed by atoms with Gasteiger partial charge in [-0.15, -0.1) is 0 Å². The molecule has 10 atom stereocenters. The van der Waals surface area contributed by atoms with Crippen LogP contribution < -0.4 is 0 Å². The van der Waals surface area contributed by atoms with Crippen LogP contribution in [0.2, 0.25) is 0 Å². The van der Waals surface area contributed by atoms with E-state index < -0.39 is 5.60 Å². The van der Waals surface area contributed by atoms with Crippen LogP contribution in [0, 0.1) is 51.2 Å². The Labute approximate surface area is 191 Å². The van der Waals surface area contributed by atoms with Gasteiger partial charge in [0.05, 0.1) is 11.7 Å². The number of aliphatic hydroxyl groups excluding tert-OH is 1. The highest BCUT2D eigenvalue weighted by molar-refractivity contribution is 5.34. The Morgan fingerprint density at radius 2 is 1.55 bits per heavy atom. The van der Waals surface area contributed by atoms with Crippen LogP contribution in [0.15, 0.2) is 11.6 Å². The van der Waals surface area contributed by atoms with Gasteiger partial charge in [-0.2, -0.15) is 0 Å². The van der Waals surface area contributed by atoms with Crippen molar-refractivity contribution in [3.8, 4) is 0 Å². The number of aliphatic hydroxyl groups is 2. The summed E-state index contributed by atoms with van der Waals surface area (Å²) in [6.07, 6.45) is 12.6. The molecule has 176 valence electrons. The minimum Gasteiger partial charge on any atom is -0.393 e. The van der Waals surface area contributed by atoms with Gasteiger partial charge in [-0.05, 0) is 103 Å². The summed E-state index contributed by atoms with van der Waals surface area (Å²) in [6, 6.07) is 0. The first-order chi connectivity index (χ1) is 14.3. The Bertz CT molecular complexity index is 784. The van der Waals surface area contributed by atoms with Crippen molar-refractivity contribution in [2.75, 3.05) is 0 Å². The fourth-order valence-corrected chi connectivity index (χ4v) is 10.5. The maximum absolute atomic E-state index is 11.8.